The van der Waals surface area contributed by atoms with Gasteiger partial charge in [0.2, 0.25) is 0 Å². The van der Waals surface area contributed by atoms with Crippen molar-refractivity contribution in [3.05, 3.63) is 99.7 Å². The van der Waals surface area contributed by atoms with E-state index in [0.717, 1.165) is 17.1 Å². The van der Waals surface area contributed by atoms with Gasteiger partial charge in [-0.1, -0.05) is 36.4 Å². The van der Waals surface area contributed by atoms with Crippen LogP contribution in [-0.4, -0.2) is 21.4 Å². The minimum Gasteiger partial charge on any atom is -0.318 e. The van der Waals surface area contributed by atoms with Crippen LogP contribution in [0.1, 0.15) is 32.2 Å². The Labute approximate surface area is 172 Å². The number of fused-ring (bicyclic) bond motifs is 1. The molecule has 7 nitrogen and oxygen atoms in total. The number of aromatic nitrogens is 2. The molecule has 0 spiro atoms. The number of nitrogens with zero attached hydrogens (tertiary/aromatic N) is 1. The number of nitrogens with one attached hydrogen (secondary N) is 3. The van der Waals surface area contributed by atoms with Crippen LogP contribution >= 0.6 is 0 Å². The van der Waals surface area contributed by atoms with Crippen LogP contribution in [0.25, 0.3) is 16.5 Å². The SMILES string of the molecule is Cc1cc(C(=O)NNC(=O)c2cc3ccccc3c(=O)[nH]2)c(C)n1-c1ccccc1. The van der Waals surface area contributed by atoms with Gasteiger partial charge in [0.15, 0.2) is 0 Å². The van der Waals surface area contributed by atoms with Gasteiger partial charge in [-0.05, 0) is 49.6 Å². The molecule has 2 aromatic carbocycles. The van der Waals surface area contributed by atoms with Gasteiger partial charge in [0.1, 0.15) is 5.69 Å². The summed E-state index contributed by atoms with van der Waals surface area (Å²) in [5, 5.41) is 1.13. The van der Waals surface area contributed by atoms with E-state index in [1.54, 1.807) is 36.4 Å². The Kier molecular flexibility index (Phi) is 4.93. The van der Waals surface area contributed by atoms with E-state index in [-0.39, 0.29) is 11.3 Å². The molecule has 4 aromatic rings. The Balaban J connectivity index is 1.53. The van der Waals surface area contributed by atoms with Crippen LogP contribution in [-0.2, 0) is 0 Å². The highest BCUT2D eigenvalue weighted by Gasteiger charge is 2.18. The summed E-state index contributed by atoms with van der Waals surface area (Å²) in [4.78, 5) is 39.8. The second-order valence-corrected chi connectivity index (χ2v) is 6.96. The Morgan fingerprint density at radius 1 is 0.867 bits per heavy atom. The molecule has 2 amide bonds. The zero-order valence-electron chi connectivity index (χ0n) is 16.5. The highest BCUT2D eigenvalue weighted by atomic mass is 16.2. The van der Waals surface area contributed by atoms with Crippen molar-refractivity contribution in [2.75, 3.05) is 0 Å². The third-order valence-electron chi connectivity index (χ3n) is 4.98. The third-order valence-corrected chi connectivity index (χ3v) is 4.98. The number of amides is 2. The maximum absolute atomic E-state index is 12.7. The summed E-state index contributed by atoms with van der Waals surface area (Å²) >= 11 is 0. The minimum absolute atomic E-state index is 0.0637. The average molecular weight is 400 g/mol. The average Bonchev–Trinajstić information content (AvgIpc) is 3.06. The van der Waals surface area contributed by atoms with Gasteiger partial charge in [-0.25, -0.2) is 0 Å². The molecule has 0 saturated carbocycles. The number of hydrogen-bond acceptors (Lipinski definition) is 3. The standard InChI is InChI=1S/C23H20N4O3/c1-14-12-19(15(2)27(14)17-9-4-3-5-10-17)22(29)25-26-23(30)20-13-16-8-6-7-11-18(16)21(28)24-20/h3-13H,1-2H3,(H,24,28)(H,25,29)(H,26,30). The normalized spacial score (nSPS) is 10.7. The van der Waals surface area contributed by atoms with E-state index in [1.807, 2.05) is 48.7 Å². The number of H-pyrrole nitrogens is 1. The summed E-state index contributed by atoms with van der Waals surface area (Å²) in [5.41, 5.74) is 7.54. The van der Waals surface area contributed by atoms with Crippen LogP contribution in [0, 0.1) is 13.8 Å². The van der Waals surface area contributed by atoms with Crippen LogP contribution in [0.4, 0.5) is 0 Å². The highest BCUT2D eigenvalue weighted by Crippen LogP contribution is 2.20. The number of para-hydroxylation sites is 1. The molecular weight excluding hydrogens is 380 g/mol. The Morgan fingerprint density at radius 2 is 1.53 bits per heavy atom. The monoisotopic (exact) mass is 400 g/mol. The van der Waals surface area contributed by atoms with E-state index >= 15 is 0 Å². The number of carbonyl (C=O) groups excluding carboxylic acids is 2. The van der Waals surface area contributed by atoms with Gasteiger partial charge >= 0.3 is 0 Å². The molecule has 4 rings (SSSR count). The molecule has 3 N–H and O–H groups in total. The fourth-order valence-electron chi connectivity index (χ4n) is 3.55. The summed E-state index contributed by atoms with van der Waals surface area (Å²) in [7, 11) is 0. The van der Waals surface area contributed by atoms with Crippen molar-refractivity contribution in [2.45, 2.75) is 13.8 Å². The first-order chi connectivity index (χ1) is 14.5. The first-order valence-corrected chi connectivity index (χ1v) is 9.43. The summed E-state index contributed by atoms with van der Waals surface area (Å²) in [6, 6.07) is 20.0. The molecule has 0 aliphatic carbocycles. The molecular formula is C23H20N4O3. The summed E-state index contributed by atoms with van der Waals surface area (Å²) < 4.78 is 1.97. The first-order valence-electron chi connectivity index (χ1n) is 9.43. The molecule has 7 heteroatoms. The van der Waals surface area contributed by atoms with Crippen molar-refractivity contribution in [2.24, 2.45) is 0 Å². The number of hydrogen-bond donors (Lipinski definition) is 3. The van der Waals surface area contributed by atoms with Gasteiger partial charge in [-0.3, -0.25) is 25.2 Å². The summed E-state index contributed by atoms with van der Waals surface area (Å²) in [5.74, 6) is -1.05. The number of rotatable bonds is 3. The van der Waals surface area contributed by atoms with Crippen molar-refractivity contribution in [1.29, 1.82) is 0 Å². The smallest absolute Gasteiger partial charge is 0.286 e. The van der Waals surface area contributed by atoms with Crippen LogP contribution in [0.3, 0.4) is 0 Å². The van der Waals surface area contributed by atoms with E-state index in [4.69, 9.17) is 0 Å². The molecule has 0 aliphatic rings. The second kappa shape index (κ2) is 7.71. The van der Waals surface area contributed by atoms with Crippen LogP contribution in [0.5, 0.6) is 0 Å². The Bertz CT molecular complexity index is 1320. The lowest BCUT2D eigenvalue weighted by molar-refractivity contribution is 0.0843. The molecule has 0 unspecified atom stereocenters. The lowest BCUT2D eigenvalue weighted by Gasteiger charge is -2.10. The second-order valence-electron chi connectivity index (χ2n) is 6.96. The van der Waals surface area contributed by atoms with E-state index in [2.05, 4.69) is 15.8 Å². The summed E-state index contributed by atoms with van der Waals surface area (Å²) in [6.07, 6.45) is 0. The predicted octanol–water partition coefficient (Wildman–Crippen LogP) is 3.01. The molecule has 30 heavy (non-hydrogen) atoms. The number of aryl methyl sites for hydroxylation is 1. The molecule has 0 aliphatic heterocycles. The Morgan fingerprint density at radius 3 is 2.30 bits per heavy atom. The molecule has 0 saturated heterocycles. The number of benzene rings is 2. The van der Waals surface area contributed by atoms with Gasteiger partial charge in [0.25, 0.3) is 17.4 Å². The third kappa shape index (κ3) is 3.48. The van der Waals surface area contributed by atoms with E-state index < -0.39 is 11.8 Å². The molecule has 2 aromatic heterocycles. The molecule has 0 atom stereocenters. The zero-order valence-corrected chi connectivity index (χ0v) is 16.5. The quantitative estimate of drug-likeness (QED) is 0.461. The molecule has 0 bridgehead atoms. The lowest BCUT2D eigenvalue weighted by atomic mass is 10.1. The summed E-state index contributed by atoms with van der Waals surface area (Å²) in [6.45, 7) is 3.76. The zero-order chi connectivity index (χ0) is 21.3. The number of carbonyl (C=O) groups is 2. The van der Waals surface area contributed by atoms with Crippen molar-refractivity contribution < 1.29 is 9.59 Å². The van der Waals surface area contributed by atoms with Crippen LogP contribution in [0.15, 0.2) is 71.5 Å². The van der Waals surface area contributed by atoms with E-state index in [0.29, 0.717) is 16.3 Å². The first kappa shape index (κ1) is 19.2. The van der Waals surface area contributed by atoms with Crippen molar-refractivity contribution in [1.82, 2.24) is 20.4 Å². The number of aromatic amines is 1. The minimum atomic E-state index is -0.608. The van der Waals surface area contributed by atoms with Crippen LogP contribution < -0.4 is 16.4 Å². The van der Waals surface area contributed by atoms with E-state index in [1.165, 1.54) is 0 Å². The number of hydrazine groups is 1. The predicted molar refractivity (Wildman–Crippen MR) is 115 cm³/mol. The van der Waals surface area contributed by atoms with Gasteiger partial charge < -0.3 is 9.55 Å². The maximum atomic E-state index is 12.7. The van der Waals surface area contributed by atoms with Crippen molar-refractivity contribution >= 4 is 22.6 Å². The molecule has 0 fully saturated rings. The van der Waals surface area contributed by atoms with Crippen molar-refractivity contribution in [3.8, 4) is 5.69 Å². The van der Waals surface area contributed by atoms with Crippen LogP contribution in [0.2, 0.25) is 0 Å². The van der Waals surface area contributed by atoms with Gasteiger partial charge in [0, 0.05) is 22.5 Å². The van der Waals surface area contributed by atoms with E-state index in [9.17, 15) is 14.4 Å². The molecule has 150 valence electrons. The maximum Gasteiger partial charge on any atom is 0.286 e. The fraction of sp³-hybridized carbons (Fsp3) is 0.0870. The highest BCUT2D eigenvalue weighted by molar-refractivity contribution is 6.00. The largest absolute Gasteiger partial charge is 0.318 e. The molecule has 2 heterocycles. The fourth-order valence-corrected chi connectivity index (χ4v) is 3.55. The van der Waals surface area contributed by atoms with Gasteiger partial charge in [0.05, 0.1) is 5.56 Å². The Hall–Kier alpha value is -4.13. The molecule has 0 radical (unpaired) electrons. The van der Waals surface area contributed by atoms with Crippen molar-refractivity contribution in [3.63, 3.8) is 0 Å². The lowest BCUT2D eigenvalue weighted by Crippen LogP contribution is -2.42. The van der Waals surface area contributed by atoms with Gasteiger partial charge in [-0.2, -0.15) is 0 Å². The van der Waals surface area contributed by atoms with Gasteiger partial charge in [-0.15, -0.1) is 0 Å². The topological polar surface area (TPSA) is 96.0 Å². The number of pyridine rings is 1.